The number of hydrogen-bond donors (Lipinski definition) is 0. The first-order chi connectivity index (χ1) is 28.2. The molecule has 0 atom stereocenters. The van der Waals surface area contributed by atoms with E-state index in [1.807, 2.05) is 72.8 Å². The summed E-state index contributed by atoms with van der Waals surface area (Å²) in [6.07, 6.45) is 0. The molecule has 5 nitrogen and oxygen atoms in total. The maximum atomic E-state index is 6.50. The third-order valence-electron chi connectivity index (χ3n) is 11.7. The predicted octanol–water partition coefficient (Wildman–Crippen LogP) is 13.0. The van der Waals surface area contributed by atoms with Crippen LogP contribution in [0, 0.1) is 0 Å². The van der Waals surface area contributed by atoms with Crippen LogP contribution in [0.25, 0.3) is 89.2 Å². The van der Waals surface area contributed by atoms with Gasteiger partial charge in [0.05, 0.1) is 5.41 Å². The summed E-state index contributed by atoms with van der Waals surface area (Å²) in [4.78, 5) is 15.4. The van der Waals surface area contributed by atoms with E-state index < -0.39 is 5.41 Å². The molecule has 1 aliphatic carbocycles. The highest BCUT2D eigenvalue weighted by Crippen LogP contribution is 2.56. The number of nitrogens with zero attached hydrogens (tertiary/aromatic N) is 3. The summed E-state index contributed by atoms with van der Waals surface area (Å²) in [7, 11) is 0. The zero-order chi connectivity index (χ0) is 37.5. The molecule has 0 amide bonds. The van der Waals surface area contributed by atoms with E-state index >= 15 is 0 Å². The van der Waals surface area contributed by atoms with Crippen LogP contribution in [-0.4, -0.2) is 15.0 Å². The highest BCUT2D eigenvalue weighted by Gasteiger charge is 2.46. The Morgan fingerprint density at radius 1 is 0.333 bits per heavy atom. The van der Waals surface area contributed by atoms with E-state index in [0.29, 0.717) is 17.5 Å². The van der Waals surface area contributed by atoms with Crippen LogP contribution in [0.2, 0.25) is 0 Å². The Hall–Kier alpha value is -7.63. The van der Waals surface area contributed by atoms with Crippen molar-refractivity contribution in [2.45, 2.75) is 5.41 Å². The molecule has 0 radical (unpaired) electrons. The van der Waals surface area contributed by atoms with Gasteiger partial charge in [-0.1, -0.05) is 164 Å². The molecule has 3 heterocycles. The molecule has 0 spiro atoms. The Kier molecular flexibility index (Phi) is 6.78. The highest BCUT2D eigenvalue weighted by atomic mass is 16.3. The van der Waals surface area contributed by atoms with E-state index in [2.05, 4.69) is 115 Å². The summed E-state index contributed by atoms with van der Waals surface area (Å²) >= 11 is 0. The van der Waals surface area contributed by atoms with E-state index in [-0.39, 0.29) is 0 Å². The minimum absolute atomic E-state index is 0.592. The molecule has 0 bridgehead atoms. The van der Waals surface area contributed by atoms with Gasteiger partial charge in [-0.05, 0) is 57.6 Å². The van der Waals surface area contributed by atoms with Gasteiger partial charge in [-0.25, -0.2) is 15.0 Å². The van der Waals surface area contributed by atoms with Crippen LogP contribution in [0.15, 0.2) is 197 Å². The number of para-hydroxylation sites is 2. The maximum absolute atomic E-state index is 6.50. The average molecular weight is 730 g/mol. The van der Waals surface area contributed by atoms with E-state index in [9.17, 15) is 0 Å². The van der Waals surface area contributed by atoms with Gasteiger partial charge < -0.3 is 8.83 Å². The normalized spacial score (nSPS) is 13.1. The minimum Gasteiger partial charge on any atom is -0.456 e. The quantitative estimate of drug-likeness (QED) is 0.176. The van der Waals surface area contributed by atoms with E-state index in [1.165, 1.54) is 22.3 Å². The molecule has 3 aromatic heterocycles. The van der Waals surface area contributed by atoms with Gasteiger partial charge in [0, 0.05) is 38.2 Å². The standard InChI is InChI=1S/C52H31N3O2/c1-2-13-32(14-3-1)49-53-50(55-51(54-49)41-19-12-24-46-48(41)40-18-7-11-23-45(40)56-46)33-25-27-34(28-26-33)52(42-20-8-4-15-36(42)37-16-5-9-21-43(37)52)35-29-30-39-38-17-6-10-22-44(38)57-47(39)31-35/h1-31H. The van der Waals surface area contributed by atoms with E-state index in [4.69, 9.17) is 23.8 Å². The lowest BCUT2D eigenvalue weighted by Gasteiger charge is -2.34. The Bertz CT molecular complexity index is 3320. The van der Waals surface area contributed by atoms with Crippen molar-refractivity contribution in [1.29, 1.82) is 0 Å². The van der Waals surface area contributed by atoms with Gasteiger partial charge in [0.25, 0.3) is 0 Å². The number of benzene rings is 8. The van der Waals surface area contributed by atoms with Crippen LogP contribution in [0.3, 0.4) is 0 Å². The minimum atomic E-state index is -0.601. The molecule has 266 valence electrons. The fourth-order valence-corrected chi connectivity index (χ4v) is 9.15. The number of rotatable bonds is 5. The van der Waals surface area contributed by atoms with Gasteiger partial charge in [0.15, 0.2) is 17.5 Å². The second kappa shape index (κ2) is 12.2. The molecule has 0 saturated carbocycles. The molecule has 0 aliphatic heterocycles. The average Bonchev–Trinajstić information content (AvgIpc) is 3.95. The molecule has 0 N–H and O–H groups in total. The van der Waals surface area contributed by atoms with Crippen molar-refractivity contribution in [2.24, 2.45) is 0 Å². The van der Waals surface area contributed by atoms with Gasteiger partial charge in [-0.3, -0.25) is 0 Å². The van der Waals surface area contributed by atoms with Gasteiger partial charge in [0.2, 0.25) is 0 Å². The first-order valence-electron chi connectivity index (χ1n) is 19.2. The number of furan rings is 2. The molecular formula is C52H31N3O2. The SMILES string of the molecule is c1ccc(-c2nc(-c3ccc(C4(c5ccc6c(c5)oc5ccccc56)c5ccccc5-c5ccccc54)cc3)nc(-c3cccc4oc5ccccc5c34)n2)cc1. The maximum Gasteiger partial charge on any atom is 0.164 e. The second-order valence-electron chi connectivity index (χ2n) is 14.7. The van der Waals surface area contributed by atoms with Gasteiger partial charge in [-0.15, -0.1) is 0 Å². The molecule has 5 heteroatoms. The number of fused-ring (bicyclic) bond motifs is 9. The summed E-state index contributed by atoms with van der Waals surface area (Å²) in [6.45, 7) is 0. The lowest BCUT2D eigenvalue weighted by Crippen LogP contribution is -2.28. The van der Waals surface area contributed by atoms with E-state index in [0.717, 1.165) is 71.7 Å². The van der Waals surface area contributed by atoms with E-state index in [1.54, 1.807) is 0 Å². The molecular weight excluding hydrogens is 699 g/mol. The molecule has 8 aromatic carbocycles. The summed E-state index contributed by atoms with van der Waals surface area (Å²) < 4.78 is 12.8. The van der Waals surface area contributed by atoms with Crippen molar-refractivity contribution in [3.63, 3.8) is 0 Å². The van der Waals surface area contributed by atoms with Crippen molar-refractivity contribution < 1.29 is 8.83 Å². The molecule has 11 aromatic rings. The third-order valence-corrected chi connectivity index (χ3v) is 11.7. The second-order valence-corrected chi connectivity index (χ2v) is 14.7. The Balaban J connectivity index is 1.07. The number of aromatic nitrogens is 3. The van der Waals surface area contributed by atoms with Crippen molar-refractivity contribution in [2.75, 3.05) is 0 Å². The first kappa shape index (κ1) is 31.7. The summed E-state index contributed by atoms with van der Waals surface area (Å²) in [6, 6.07) is 65.7. The topological polar surface area (TPSA) is 65.0 Å². The molecule has 57 heavy (non-hydrogen) atoms. The zero-order valence-corrected chi connectivity index (χ0v) is 30.6. The van der Waals surface area contributed by atoms with Crippen molar-refractivity contribution in [3.05, 3.63) is 210 Å². The number of hydrogen-bond acceptors (Lipinski definition) is 5. The molecule has 12 rings (SSSR count). The van der Waals surface area contributed by atoms with Crippen LogP contribution in [0.5, 0.6) is 0 Å². The lowest BCUT2D eigenvalue weighted by atomic mass is 9.67. The summed E-state index contributed by atoms with van der Waals surface area (Å²) in [5, 5.41) is 4.24. The van der Waals surface area contributed by atoms with Crippen LogP contribution in [0.4, 0.5) is 0 Å². The fraction of sp³-hybridized carbons (Fsp3) is 0.0192. The predicted molar refractivity (Wildman–Crippen MR) is 228 cm³/mol. The first-order valence-corrected chi connectivity index (χ1v) is 19.2. The fourth-order valence-electron chi connectivity index (χ4n) is 9.15. The molecule has 0 saturated heterocycles. The van der Waals surface area contributed by atoms with Gasteiger partial charge in [-0.2, -0.15) is 0 Å². The lowest BCUT2D eigenvalue weighted by molar-refractivity contribution is 0.665. The van der Waals surface area contributed by atoms with Crippen molar-refractivity contribution in [1.82, 2.24) is 15.0 Å². The molecule has 0 fully saturated rings. The van der Waals surface area contributed by atoms with Gasteiger partial charge >= 0.3 is 0 Å². The van der Waals surface area contributed by atoms with Crippen LogP contribution in [0.1, 0.15) is 22.3 Å². The third kappa shape index (κ3) is 4.66. The van der Waals surface area contributed by atoms with Crippen molar-refractivity contribution in [3.8, 4) is 45.3 Å². The van der Waals surface area contributed by atoms with Crippen molar-refractivity contribution >= 4 is 43.9 Å². The summed E-state index contributed by atoms with van der Waals surface area (Å²) in [5.41, 5.74) is 12.7. The van der Waals surface area contributed by atoms with Crippen LogP contribution >= 0.6 is 0 Å². The Labute approximate surface area is 327 Å². The van der Waals surface area contributed by atoms with Crippen LogP contribution in [-0.2, 0) is 5.41 Å². The van der Waals surface area contributed by atoms with Gasteiger partial charge in [0.1, 0.15) is 22.3 Å². The zero-order valence-electron chi connectivity index (χ0n) is 30.6. The smallest absolute Gasteiger partial charge is 0.164 e. The molecule has 1 aliphatic rings. The molecule has 0 unspecified atom stereocenters. The largest absolute Gasteiger partial charge is 0.456 e. The Morgan fingerprint density at radius 3 is 1.58 bits per heavy atom. The van der Waals surface area contributed by atoms with Crippen LogP contribution < -0.4 is 0 Å². The Morgan fingerprint density at radius 2 is 0.842 bits per heavy atom. The summed E-state index contributed by atoms with van der Waals surface area (Å²) in [5.74, 6) is 1.80. The highest BCUT2D eigenvalue weighted by molar-refractivity contribution is 6.12. The monoisotopic (exact) mass is 729 g/mol.